The first-order valence-corrected chi connectivity index (χ1v) is 8.04. The molecule has 1 aromatic carbocycles. The quantitative estimate of drug-likeness (QED) is 0.777. The van der Waals surface area contributed by atoms with E-state index in [1.807, 2.05) is 17.8 Å². The highest BCUT2D eigenvalue weighted by atomic mass is 32.2. The molecule has 1 heterocycles. The summed E-state index contributed by atoms with van der Waals surface area (Å²) < 4.78 is 11.1. The molecule has 1 aliphatic heterocycles. The van der Waals surface area contributed by atoms with E-state index in [4.69, 9.17) is 9.47 Å². The number of benzene rings is 1. The van der Waals surface area contributed by atoms with Gasteiger partial charge >= 0.3 is 0 Å². The Morgan fingerprint density at radius 3 is 2.84 bits per heavy atom. The topological polar surface area (TPSA) is 30.5 Å². The monoisotopic (exact) mass is 281 g/mol. The van der Waals surface area contributed by atoms with E-state index in [1.54, 1.807) is 0 Å². The van der Waals surface area contributed by atoms with Crippen LogP contribution in [0, 0.1) is 0 Å². The van der Waals surface area contributed by atoms with Gasteiger partial charge in [-0.25, -0.2) is 0 Å². The molecule has 0 bridgehead atoms. The van der Waals surface area contributed by atoms with Gasteiger partial charge in [0.15, 0.2) is 11.5 Å². The van der Waals surface area contributed by atoms with Gasteiger partial charge in [-0.05, 0) is 50.3 Å². The first-order valence-electron chi connectivity index (χ1n) is 7.05. The number of hydrogen-bond acceptors (Lipinski definition) is 4. The largest absolute Gasteiger partial charge is 0.486 e. The van der Waals surface area contributed by atoms with Crippen LogP contribution in [0.25, 0.3) is 0 Å². The van der Waals surface area contributed by atoms with Gasteiger partial charge in [0.05, 0.1) is 0 Å². The van der Waals surface area contributed by atoms with Gasteiger partial charge < -0.3 is 14.8 Å². The van der Waals surface area contributed by atoms with E-state index in [0.29, 0.717) is 19.3 Å². The lowest BCUT2D eigenvalue weighted by molar-refractivity contribution is 0.171. The molecule has 3 nitrogen and oxygen atoms in total. The smallest absolute Gasteiger partial charge is 0.162 e. The first kappa shape index (κ1) is 14.5. The zero-order valence-corrected chi connectivity index (χ0v) is 12.6. The van der Waals surface area contributed by atoms with Crippen molar-refractivity contribution in [1.29, 1.82) is 0 Å². The summed E-state index contributed by atoms with van der Waals surface area (Å²) in [5.74, 6) is 2.87. The van der Waals surface area contributed by atoms with E-state index < -0.39 is 0 Å². The maximum Gasteiger partial charge on any atom is 0.162 e. The summed E-state index contributed by atoms with van der Waals surface area (Å²) in [5.41, 5.74) is 0. The Hall–Kier alpha value is -0.870. The summed E-state index contributed by atoms with van der Waals surface area (Å²) in [6, 6.07) is 6.80. The minimum absolute atomic E-state index is 0.588. The molecular formula is C15H23NO2S. The molecule has 1 aliphatic rings. The third-order valence-corrected chi connectivity index (χ3v) is 4.10. The van der Waals surface area contributed by atoms with Crippen molar-refractivity contribution in [1.82, 2.24) is 5.32 Å². The summed E-state index contributed by atoms with van der Waals surface area (Å²) in [6.45, 7) is 6.86. The lowest BCUT2D eigenvalue weighted by Gasteiger charge is -2.19. The average molecular weight is 281 g/mol. The molecule has 1 unspecified atom stereocenters. The highest BCUT2D eigenvalue weighted by Gasteiger charge is 2.11. The number of fused-ring (bicyclic) bond motifs is 1. The SMILES string of the molecule is CCCNC(C)CCSc1ccc2c(c1)OCCO2. The van der Waals surface area contributed by atoms with Gasteiger partial charge in [0, 0.05) is 10.9 Å². The molecule has 0 saturated carbocycles. The van der Waals surface area contributed by atoms with Gasteiger partial charge in [-0.15, -0.1) is 11.8 Å². The van der Waals surface area contributed by atoms with Crippen LogP contribution in [0.3, 0.4) is 0 Å². The maximum atomic E-state index is 5.59. The van der Waals surface area contributed by atoms with Crippen molar-refractivity contribution in [2.24, 2.45) is 0 Å². The van der Waals surface area contributed by atoms with Crippen LogP contribution in [0.2, 0.25) is 0 Å². The van der Waals surface area contributed by atoms with E-state index >= 15 is 0 Å². The summed E-state index contributed by atoms with van der Waals surface area (Å²) in [6.07, 6.45) is 2.37. The Balaban J connectivity index is 1.77. The molecule has 0 saturated heterocycles. The van der Waals surface area contributed by atoms with E-state index in [-0.39, 0.29) is 0 Å². The summed E-state index contributed by atoms with van der Waals surface area (Å²) in [7, 11) is 0. The van der Waals surface area contributed by atoms with Crippen LogP contribution in [0.4, 0.5) is 0 Å². The fraction of sp³-hybridized carbons (Fsp3) is 0.600. The van der Waals surface area contributed by atoms with E-state index in [0.717, 1.165) is 23.8 Å². The van der Waals surface area contributed by atoms with E-state index in [9.17, 15) is 0 Å². The van der Waals surface area contributed by atoms with Crippen LogP contribution in [0.15, 0.2) is 23.1 Å². The standard InChI is InChI=1S/C15H23NO2S/c1-3-7-16-12(2)6-10-19-13-4-5-14-15(11-13)18-9-8-17-14/h4-5,11-12,16H,3,6-10H2,1-2H3. The first-order chi connectivity index (χ1) is 9.29. The zero-order chi connectivity index (χ0) is 13.5. The molecule has 0 fully saturated rings. The van der Waals surface area contributed by atoms with Crippen molar-refractivity contribution in [3.63, 3.8) is 0 Å². The third-order valence-electron chi connectivity index (χ3n) is 3.08. The average Bonchev–Trinajstić information content (AvgIpc) is 2.45. The Bertz CT molecular complexity index is 398. The van der Waals surface area contributed by atoms with Crippen LogP contribution < -0.4 is 14.8 Å². The molecule has 2 rings (SSSR count). The summed E-state index contributed by atoms with van der Waals surface area (Å²) in [4.78, 5) is 1.26. The fourth-order valence-corrected chi connectivity index (χ4v) is 3.02. The van der Waals surface area contributed by atoms with Crippen LogP contribution in [-0.4, -0.2) is 31.6 Å². The number of nitrogens with one attached hydrogen (secondary N) is 1. The molecule has 1 N–H and O–H groups in total. The van der Waals surface area contributed by atoms with Crippen LogP contribution in [0.5, 0.6) is 11.5 Å². The second-order valence-electron chi connectivity index (χ2n) is 4.80. The van der Waals surface area contributed by atoms with Gasteiger partial charge in [0.1, 0.15) is 13.2 Å². The van der Waals surface area contributed by atoms with Crippen molar-refractivity contribution in [2.75, 3.05) is 25.5 Å². The number of ether oxygens (including phenoxy) is 2. The molecule has 19 heavy (non-hydrogen) atoms. The Morgan fingerprint density at radius 1 is 1.26 bits per heavy atom. The van der Waals surface area contributed by atoms with E-state index in [1.165, 1.54) is 17.7 Å². The number of hydrogen-bond donors (Lipinski definition) is 1. The normalized spacial score (nSPS) is 15.3. The van der Waals surface area contributed by atoms with E-state index in [2.05, 4.69) is 31.3 Å². The van der Waals surface area contributed by atoms with Gasteiger partial charge in [0.2, 0.25) is 0 Å². The predicted molar refractivity (Wildman–Crippen MR) is 80.5 cm³/mol. The van der Waals surface area contributed by atoms with Gasteiger partial charge in [-0.1, -0.05) is 6.92 Å². The predicted octanol–water partition coefficient (Wildman–Crippen LogP) is 3.33. The van der Waals surface area contributed by atoms with Gasteiger partial charge in [-0.2, -0.15) is 0 Å². The molecule has 0 radical (unpaired) electrons. The van der Waals surface area contributed by atoms with Crippen molar-refractivity contribution in [3.05, 3.63) is 18.2 Å². The molecule has 1 aromatic rings. The zero-order valence-electron chi connectivity index (χ0n) is 11.8. The number of thioether (sulfide) groups is 1. The molecule has 106 valence electrons. The molecule has 1 atom stereocenters. The minimum atomic E-state index is 0.588. The highest BCUT2D eigenvalue weighted by molar-refractivity contribution is 7.99. The minimum Gasteiger partial charge on any atom is -0.486 e. The van der Waals surface area contributed by atoms with Gasteiger partial charge in [-0.3, -0.25) is 0 Å². The second-order valence-corrected chi connectivity index (χ2v) is 5.97. The van der Waals surface area contributed by atoms with Crippen molar-refractivity contribution in [3.8, 4) is 11.5 Å². The lowest BCUT2D eigenvalue weighted by Crippen LogP contribution is -2.27. The Morgan fingerprint density at radius 2 is 2.05 bits per heavy atom. The van der Waals surface area contributed by atoms with Crippen molar-refractivity contribution < 1.29 is 9.47 Å². The molecular weight excluding hydrogens is 258 g/mol. The second kappa shape index (κ2) is 7.65. The van der Waals surface area contributed by atoms with Gasteiger partial charge in [0.25, 0.3) is 0 Å². The van der Waals surface area contributed by atoms with Crippen molar-refractivity contribution in [2.45, 2.75) is 37.6 Å². The molecule has 0 aromatic heterocycles. The summed E-state index contributed by atoms with van der Waals surface area (Å²) in [5, 5.41) is 3.51. The van der Waals surface area contributed by atoms with Crippen LogP contribution in [-0.2, 0) is 0 Å². The third kappa shape index (κ3) is 4.62. The van der Waals surface area contributed by atoms with Crippen LogP contribution >= 0.6 is 11.8 Å². The Kier molecular flexibility index (Phi) is 5.86. The number of rotatable bonds is 7. The van der Waals surface area contributed by atoms with Crippen LogP contribution in [0.1, 0.15) is 26.7 Å². The molecule has 0 spiro atoms. The molecule has 0 amide bonds. The fourth-order valence-electron chi connectivity index (χ4n) is 1.96. The molecule has 0 aliphatic carbocycles. The Labute approximate surface area is 120 Å². The summed E-state index contributed by atoms with van der Waals surface area (Å²) >= 11 is 1.88. The highest BCUT2D eigenvalue weighted by Crippen LogP contribution is 2.34. The molecule has 4 heteroatoms. The maximum absolute atomic E-state index is 5.59. The van der Waals surface area contributed by atoms with Crippen molar-refractivity contribution >= 4 is 11.8 Å². The lowest BCUT2D eigenvalue weighted by atomic mass is 10.2.